The zero-order chi connectivity index (χ0) is 8.69. The summed E-state index contributed by atoms with van der Waals surface area (Å²) in [6, 6.07) is -0.283. The first-order valence-corrected chi connectivity index (χ1v) is 3.67. The Morgan fingerprint density at radius 1 is 1.45 bits per heavy atom. The Bertz CT molecular complexity index is 89.8. The van der Waals surface area contributed by atoms with Gasteiger partial charge in [0.05, 0.1) is 32.0 Å². The molecule has 11 heavy (non-hydrogen) atoms. The summed E-state index contributed by atoms with van der Waals surface area (Å²) in [6.07, 6.45) is 0.0394. The number of rotatable bonds is 6. The number of hydrogen-bond donors (Lipinski definition) is 2. The van der Waals surface area contributed by atoms with Crippen molar-refractivity contribution < 1.29 is 14.6 Å². The summed E-state index contributed by atoms with van der Waals surface area (Å²) in [5, 5.41) is 8.54. The van der Waals surface area contributed by atoms with Crippen LogP contribution in [0.3, 0.4) is 0 Å². The molecule has 0 fully saturated rings. The van der Waals surface area contributed by atoms with E-state index in [0.29, 0.717) is 13.2 Å². The molecule has 2 unspecified atom stereocenters. The van der Waals surface area contributed by atoms with Gasteiger partial charge < -0.3 is 20.3 Å². The first-order valence-electron chi connectivity index (χ1n) is 3.67. The molecule has 68 valence electrons. The summed E-state index contributed by atoms with van der Waals surface area (Å²) in [5.74, 6) is 0. The Balaban J connectivity index is 3.22. The molecule has 4 heteroatoms. The molecule has 0 radical (unpaired) electrons. The van der Waals surface area contributed by atoms with Gasteiger partial charge in [0, 0.05) is 7.11 Å². The molecule has 0 aliphatic carbocycles. The van der Waals surface area contributed by atoms with Gasteiger partial charge in [0.25, 0.3) is 0 Å². The van der Waals surface area contributed by atoms with Crippen LogP contribution in [0.1, 0.15) is 6.92 Å². The van der Waals surface area contributed by atoms with Gasteiger partial charge in [-0.05, 0) is 6.92 Å². The third-order valence-corrected chi connectivity index (χ3v) is 1.23. The van der Waals surface area contributed by atoms with Crippen molar-refractivity contribution >= 4 is 0 Å². The van der Waals surface area contributed by atoms with Gasteiger partial charge in [0.15, 0.2) is 0 Å². The van der Waals surface area contributed by atoms with Crippen LogP contribution in [0.25, 0.3) is 0 Å². The number of methoxy groups -OCH3 is 1. The van der Waals surface area contributed by atoms with Crippen LogP contribution in [0.4, 0.5) is 0 Å². The molecule has 0 aromatic carbocycles. The van der Waals surface area contributed by atoms with E-state index in [1.165, 1.54) is 0 Å². The fourth-order valence-corrected chi connectivity index (χ4v) is 0.623. The molecule has 0 bridgehead atoms. The first kappa shape index (κ1) is 10.8. The minimum atomic E-state index is -0.283. The summed E-state index contributed by atoms with van der Waals surface area (Å²) in [5.41, 5.74) is 5.40. The van der Waals surface area contributed by atoms with Gasteiger partial charge >= 0.3 is 0 Å². The smallest absolute Gasteiger partial charge is 0.0781 e. The highest BCUT2D eigenvalue weighted by molar-refractivity contribution is 4.57. The Kier molecular flexibility index (Phi) is 6.45. The van der Waals surface area contributed by atoms with Gasteiger partial charge in [0.1, 0.15) is 0 Å². The van der Waals surface area contributed by atoms with E-state index in [1.807, 2.05) is 6.92 Å². The summed E-state index contributed by atoms with van der Waals surface area (Å²) in [6.45, 7) is 2.78. The van der Waals surface area contributed by atoms with Gasteiger partial charge in [0.2, 0.25) is 0 Å². The van der Waals surface area contributed by atoms with Gasteiger partial charge in [-0.3, -0.25) is 0 Å². The quantitative estimate of drug-likeness (QED) is 0.546. The van der Waals surface area contributed by atoms with Crippen LogP contribution < -0.4 is 5.73 Å². The highest BCUT2D eigenvalue weighted by Gasteiger charge is 2.04. The van der Waals surface area contributed by atoms with Crippen molar-refractivity contribution in [3.05, 3.63) is 0 Å². The maximum absolute atomic E-state index is 8.54. The molecule has 3 N–H and O–H groups in total. The van der Waals surface area contributed by atoms with Crippen molar-refractivity contribution in [3.63, 3.8) is 0 Å². The Labute approximate surface area is 67.3 Å². The van der Waals surface area contributed by atoms with E-state index in [1.54, 1.807) is 7.11 Å². The largest absolute Gasteiger partial charge is 0.395 e. The number of ether oxygens (including phenoxy) is 2. The first-order chi connectivity index (χ1) is 5.20. The van der Waals surface area contributed by atoms with E-state index >= 15 is 0 Å². The lowest BCUT2D eigenvalue weighted by Crippen LogP contribution is -2.32. The predicted molar refractivity (Wildman–Crippen MR) is 42.4 cm³/mol. The zero-order valence-corrected chi connectivity index (χ0v) is 7.12. The van der Waals surface area contributed by atoms with E-state index in [0.717, 1.165) is 0 Å². The highest BCUT2D eigenvalue weighted by atomic mass is 16.5. The van der Waals surface area contributed by atoms with E-state index in [9.17, 15) is 0 Å². The highest BCUT2D eigenvalue weighted by Crippen LogP contribution is 1.91. The van der Waals surface area contributed by atoms with Crippen LogP contribution in [0.15, 0.2) is 0 Å². The molecule has 0 aromatic heterocycles. The third-order valence-electron chi connectivity index (χ3n) is 1.23. The standard InChI is InChI=1S/C7H17NO3/c1-6(4-10-2)11-5-7(8)3-9/h6-7,9H,3-5,8H2,1-2H3. The molecule has 0 aliphatic heterocycles. The monoisotopic (exact) mass is 163 g/mol. The van der Waals surface area contributed by atoms with Crippen LogP contribution >= 0.6 is 0 Å². The minimum Gasteiger partial charge on any atom is -0.395 e. The van der Waals surface area contributed by atoms with Crippen molar-refractivity contribution in [2.45, 2.75) is 19.1 Å². The number of aliphatic hydroxyl groups is 1. The topological polar surface area (TPSA) is 64.7 Å². The second-order valence-electron chi connectivity index (χ2n) is 2.54. The lowest BCUT2D eigenvalue weighted by molar-refractivity contribution is -0.00178. The molecule has 4 nitrogen and oxygen atoms in total. The average molecular weight is 163 g/mol. The fourth-order valence-electron chi connectivity index (χ4n) is 0.623. The molecule has 0 amide bonds. The third kappa shape index (κ3) is 6.25. The maximum Gasteiger partial charge on any atom is 0.0781 e. The molecule has 0 heterocycles. The molecular weight excluding hydrogens is 146 g/mol. The van der Waals surface area contributed by atoms with Crippen LogP contribution in [0.2, 0.25) is 0 Å². The van der Waals surface area contributed by atoms with Gasteiger partial charge in [-0.15, -0.1) is 0 Å². The Hall–Kier alpha value is -0.160. The van der Waals surface area contributed by atoms with E-state index in [4.69, 9.17) is 20.3 Å². The Morgan fingerprint density at radius 3 is 2.55 bits per heavy atom. The molecule has 0 spiro atoms. The number of nitrogens with two attached hydrogens (primary N) is 1. The van der Waals surface area contributed by atoms with Crippen LogP contribution in [-0.4, -0.2) is 44.2 Å². The molecular formula is C7H17NO3. The van der Waals surface area contributed by atoms with Crippen LogP contribution in [0.5, 0.6) is 0 Å². The minimum absolute atomic E-state index is 0.0394. The Morgan fingerprint density at radius 2 is 2.09 bits per heavy atom. The normalized spacial score (nSPS) is 16.4. The predicted octanol–water partition coefficient (Wildman–Crippen LogP) is -0.642. The van der Waals surface area contributed by atoms with E-state index in [-0.39, 0.29) is 18.8 Å². The van der Waals surface area contributed by atoms with Crippen LogP contribution in [-0.2, 0) is 9.47 Å². The lowest BCUT2D eigenvalue weighted by atomic mass is 10.3. The summed E-state index contributed by atoms with van der Waals surface area (Å²) in [7, 11) is 1.62. The summed E-state index contributed by atoms with van der Waals surface area (Å²) >= 11 is 0. The fraction of sp³-hybridized carbons (Fsp3) is 1.00. The summed E-state index contributed by atoms with van der Waals surface area (Å²) < 4.78 is 10.1. The second-order valence-corrected chi connectivity index (χ2v) is 2.54. The van der Waals surface area contributed by atoms with Crippen molar-refractivity contribution in [3.8, 4) is 0 Å². The van der Waals surface area contributed by atoms with Gasteiger partial charge in [-0.25, -0.2) is 0 Å². The zero-order valence-electron chi connectivity index (χ0n) is 7.12. The SMILES string of the molecule is COCC(C)OCC(N)CO. The molecule has 2 atom stereocenters. The molecule has 0 rings (SSSR count). The van der Waals surface area contributed by atoms with Crippen LogP contribution in [0, 0.1) is 0 Å². The van der Waals surface area contributed by atoms with E-state index < -0.39 is 0 Å². The van der Waals surface area contributed by atoms with Gasteiger partial charge in [-0.2, -0.15) is 0 Å². The van der Waals surface area contributed by atoms with Crippen molar-refractivity contribution in [2.75, 3.05) is 26.9 Å². The number of aliphatic hydroxyl groups excluding tert-OH is 1. The van der Waals surface area contributed by atoms with Gasteiger partial charge in [-0.1, -0.05) is 0 Å². The second kappa shape index (κ2) is 6.54. The average Bonchev–Trinajstić information content (AvgIpc) is 2.01. The van der Waals surface area contributed by atoms with Crippen molar-refractivity contribution in [2.24, 2.45) is 5.73 Å². The van der Waals surface area contributed by atoms with E-state index in [2.05, 4.69) is 0 Å². The molecule has 0 aromatic rings. The van der Waals surface area contributed by atoms with Crippen molar-refractivity contribution in [1.29, 1.82) is 0 Å². The lowest BCUT2D eigenvalue weighted by Gasteiger charge is -2.14. The molecule has 0 saturated carbocycles. The number of hydrogen-bond acceptors (Lipinski definition) is 4. The maximum atomic E-state index is 8.54. The molecule has 0 saturated heterocycles. The molecule has 0 aliphatic rings. The summed E-state index contributed by atoms with van der Waals surface area (Å²) in [4.78, 5) is 0. The van der Waals surface area contributed by atoms with Crippen molar-refractivity contribution in [1.82, 2.24) is 0 Å².